The van der Waals surface area contributed by atoms with E-state index in [0.29, 0.717) is 12.6 Å². The summed E-state index contributed by atoms with van der Waals surface area (Å²) in [5, 5.41) is 6.60. The van der Waals surface area contributed by atoms with E-state index in [1.165, 1.54) is 12.8 Å². The number of benzene rings is 1. The van der Waals surface area contributed by atoms with Gasteiger partial charge in [-0.15, -0.1) is 0 Å². The molecule has 0 aliphatic carbocycles. The Morgan fingerprint density at radius 3 is 2.52 bits per heavy atom. The molecule has 1 aromatic carbocycles. The Balaban J connectivity index is 1.99. The van der Waals surface area contributed by atoms with Gasteiger partial charge in [-0.1, -0.05) is 19.8 Å². The van der Waals surface area contributed by atoms with Gasteiger partial charge in [0.2, 0.25) is 5.95 Å². The number of aryl methyl sites for hydroxylation is 1. The molecule has 0 radical (unpaired) electrons. The predicted octanol–water partition coefficient (Wildman–Crippen LogP) is 4.53. The van der Waals surface area contributed by atoms with E-state index in [2.05, 4.69) is 27.5 Å². The van der Waals surface area contributed by atoms with E-state index in [1.54, 1.807) is 0 Å². The molecule has 2 N–H and O–H groups in total. The van der Waals surface area contributed by atoms with E-state index >= 15 is 0 Å². The fraction of sp³-hybridized carbons (Fsp3) is 0.444. The Labute approximate surface area is 138 Å². The zero-order chi connectivity index (χ0) is 16.5. The standard InChI is InChI=1S/C18H26N4O/c1-4-6-7-12-19-17-13-14(3)20-18(22-17)21-15-8-10-16(11-9-15)23-5-2/h8-11,13H,4-7,12H2,1-3H3,(H2,19,20,21,22). The lowest BCUT2D eigenvalue weighted by atomic mass is 10.2. The van der Waals surface area contributed by atoms with Crippen molar-refractivity contribution < 1.29 is 4.74 Å². The molecular formula is C18H26N4O. The predicted molar refractivity (Wildman–Crippen MR) is 95.7 cm³/mol. The molecular weight excluding hydrogens is 288 g/mol. The Morgan fingerprint density at radius 1 is 1.04 bits per heavy atom. The largest absolute Gasteiger partial charge is 0.494 e. The Kier molecular flexibility index (Phi) is 6.66. The molecule has 0 aliphatic heterocycles. The maximum Gasteiger partial charge on any atom is 0.229 e. The molecule has 5 nitrogen and oxygen atoms in total. The monoisotopic (exact) mass is 314 g/mol. The van der Waals surface area contributed by atoms with E-state index in [-0.39, 0.29) is 0 Å². The van der Waals surface area contributed by atoms with Gasteiger partial charge in [-0.3, -0.25) is 0 Å². The zero-order valence-electron chi connectivity index (χ0n) is 14.2. The smallest absolute Gasteiger partial charge is 0.229 e. The maximum atomic E-state index is 5.44. The highest BCUT2D eigenvalue weighted by atomic mass is 16.5. The van der Waals surface area contributed by atoms with Gasteiger partial charge in [0.1, 0.15) is 11.6 Å². The number of rotatable bonds is 9. The number of anilines is 3. The van der Waals surface area contributed by atoms with Gasteiger partial charge in [-0.25, -0.2) is 4.98 Å². The summed E-state index contributed by atoms with van der Waals surface area (Å²) in [6, 6.07) is 9.77. The third kappa shape index (κ3) is 5.77. The molecule has 1 aromatic heterocycles. The van der Waals surface area contributed by atoms with Crippen molar-refractivity contribution in [1.29, 1.82) is 0 Å². The normalized spacial score (nSPS) is 10.4. The summed E-state index contributed by atoms with van der Waals surface area (Å²) in [5.41, 5.74) is 1.88. The fourth-order valence-electron chi connectivity index (χ4n) is 2.24. The highest BCUT2D eigenvalue weighted by molar-refractivity contribution is 5.56. The summed E-state index contributed by atoms with van der Waals surface area (Å²) < 4.78 is 5.44. The molecule has 0 saturated heterocycles. The van der Waals surface area contributed by atoms with Gasteiger partial charge >= 0.3 is 0 Å². The van der Waals surface area contributed by atoms with Gasteiger partial charge in [-0.2, -0.15) is 4.98 Å². The second-order valence-electron chi connectivity index (χ2n) is 5.43. The first-order valence-corrected chi connectivity index (χ1v) is 8.30. The molecule has 0 spiro atoms. The van der Waals surface area contributed by atoms with Crippen molar-refractivity contribution in [2.45, 2.75) is 40.0 Å². The maximum absolute atomic E-state index is 5.44. The minimum Gasteiger partial charge on any atom is -0.494 e. The van der Waals surface area contributed by atoms with Crippen molar-refractivity contribution in [3.63, 3.8) is 0 Å². The van der Waals surface area contributed by atoms with Crippen LogP contribution in [0.3, 0.4) is 0 Å². The SMILES string of the molecule is CCCCCNc1cc(C)nc(Nc2ccc(OCC)cc2)n1. The molecule has 124 valence electrons. The molecule has 1 heterocycles. The van der Waals surface area contributed by atoms with Gasteiger partial charge in [0.05, 0.1) is 6.61 Å². The van der Waals surface area contributed by atoms with Crippen LogP contribution >= 0.6 is 0 Å². The van der Waals surface area contributed by atoms with Gasteiger partial charge in [0.25, 0.3) is 0 Å². The molecule has 23 heavy (non-hydrogen) atoms. The number of unbranched alkanes of at least 4 members (excludes halogenated alkanes) is 2. The van der Waals surface area contributed by atoms with Crippen LogP contribution in [0, 0.1) is 6.92 Å². The molecule has 2 aromatic rings. The summed E-state index contributed by atoms with van der Waals surface area (Å²) >= 11 is 0. The Morgan fingerprint density at radius 2 is 1.83 bits per heavy atom. The van der Waals surface area contributed by atoms with Gasteiger partial charge in [0, 0.05) is 24.0 Å². The fourth-order valence-corrected chi connectivity index (χ4v) is 2.24. The first-order valence-electron chi connectivity index (χ1n) is 8.30. The lowest BCUT2D eigenvalue weighted by Gasteiger charge is -2.10. The van der Waals surface area contributed by atoms with E-state index in [9.17, 15) is 0 Å². The number of nitrogens with one attached hydrogen (secondary N) is 2. The molecule has 2 rings (SSSR count). The number of ether oxygens (including phenoxy) is 1. The van der Waals surface area contributed by atoms with Crippen molar-refractivity contribution in [3.05, 3.63) is 36.0 Å². The topological polar surface area (TPSA) is 59.1 Å². The minimum atomic E-state index is 0.604. The van der Waals surface area contributed by atoms with Crippen LogP contribution in [-0.4, -0.2) is 23.1 Å². The van der Waals surface area contributed by atoms with Crippen LogP contribution in [0.2, 0.25) is 0 Å². The van der Waals surface area contributed by atoms with Crippen molar-refractivity contribution in [3.8, 4) is 5.75 Å². The van der Waals surface area contributed by atoms with E-state index in [1.807, 2.05) is 44.2 Å². The number of hydrogen-bond donors (Lipinski definition) is 2. The molecule has 0 atom stereocenters. The van der Waals surface area contributed by atoms with Crippen LogP contribution in [0.15, 0.2) is 30.3 Å². The van der Waals surface area contributed by atoms with Crippen LogP contribution < -0.4 is 15.4 Å². The second-order valence-corrected chi connectivity index (χ2v) is 5.43. The number of aromatic nitrogens is 2. The first-order chi connectivity index (χ1) is 11.2. The Bertz CT molecular complexity index is 598. The van der Waals surface area contributed by atoms with Crippen molar-refractivity contribution in [2.24, 2.45) is 0 Å². The van der Waals surface area contributed by atoms with Crippen molar-refractivity contribution in [1.82, 2.24) is 9.97 Å². The third-order valence-electron chi connectivity index (χ3n) is 3.36. The lowest BCUT2D eigenvalue weighted by Crippen LogP contribution is -2.06. The average molecular weight is 314 g/mol. The van der Waals surface area contributed by atoms with Crippen LogP contribution in [0.5, 0.6) is 5.75 Å². The highest BCUT2D eigenvalue weighted by Crippen LogP contribution is 2.19. The van der Waals surface area contributed by atoms with Crippen LogP contribution in [0.4, 0.5) is 17.5 Å². The molecule has 0 aliphatic rings. The van der Waals surface area contributed by atoms with E-state index in [0.717, 1.165) is 35.9 Å². The van der Waals surface area contributed by atoms with E-state index < -0.39 is 0 Å². The minimum absolute atomic E-state index is 0.604. The third-order valence-corrected chi connectivity index (χ3v) is 3.36. The number of hydrogen-bond acceptors (Lipinski definition) is 5. The summed E-state index contributed by atoms with van der Waals surface area (Å²) in [6.07, 6.45) is 3.60. The molecule has 0 amide bonds. The second kappa shape index (κ2) is 8.98. The van der Waals surface area contributed by atoms with Crippen molar-refractivity contribution >= 4 is 17.5 Å². The van der Waals surface area contributed by atoms with Crippen LogP contribution in [0.1, 0.15) is 38.8 Å². The van der Waals surface area contributed by atoms with Crippen LogP contribution in [0.25, 0.3) is 0 Å². The zero-order valence-corrected chi connectivity index (χ0v) is 14.2. The van der Waals surface area contributed by atoms with Gasteiger partial charge in [-0.05, 0) is 44.5 Å². The molecule has 0 bridgehead atoms. The summed E-state index contributed by atoms with van der Waals surface area (Å²) in [5.74, 6) is 2.33. The summed E-state index contributed by atoms with van der Waals surface area (Å²) in [4.78, 5) is 8.96. The molecule has 0 saturated carbocycles. The van der Waals surface area contributed by atoms with Gasteiger partial charge < -0.3 is 15.4 Å². The molecule has 5 heteroatoms. The Hall–Kier alpha value is -2.30. The first kappa shape index (κ1) is 17.1. The van der Waals surface area contributed by atoms with E-state index in [4.69, 9.17) is 4.74 Å². The van der Waals surface area contributed by atoms with Crippen molar-refractivity contribution in [2.75, 3.05) is 23.8 Å². The summed E-state index contributed by atoms with van der Waals surface area (Å²) in [7, 11) is 0. The molecule has 0 unspecified atom stereocenters. The quantitative estimate of drug-likeness (QED) is 0.666. The lowest BCUT2D eigenvalue weighted by molar-refractivity contribution is 0.340. The van der Waals surface area contributed by atoms with Gasteiger partial charge in [0.15, 0.2) is 0 Å². The highest BCUT2D eigenvalue weighted by Gasteiger charge is 2.03. The number of nitrogens with zero attached hydrogens (tertiary/aromatic N) is 2. The summed E-state index contributed by atoms with van der Waals surface area (Å²) in [6.45, 7) is 7.76. The molecule has 0 fully saturated rings. The van der Waals surface area contributed by atoms with Crippen LogP contribution in [-0.2, 0) is 0 Å². The average Bonchev–Trinajstić information content (AvgIpc) is 2.53.